The molecule has 158 valence electrons. The summed E-state index contributed by atoms with van der Waals surface area (Å²) in [6.45, 7) is 10.3. The summed E-state index contributed by atoms with van der Waals surface area (Å²) in [5.41, 5.74) is 0. The maximum Gasteiger partial charge on any atom is 0.0936 e. The highest BCUT2D eigenvalue weighted by molar-refractivity contribution is 5.85. The lowest BCUT2D eigenvalue weighted by molar-refractivity contribution is 0.163. The molecule has 1 saturated heterocycles. The number of epoxide rings is 1. The molecule has 0 aromatic rings. The molecule has 0 radical (unpaired) electrons. The van der Waals surface area contributed by atoms with Gasteiger partial charge in [-0.05, 0) is 19.4 Å². The molecule has 0 aromatic carbocycles. The van der Waals surface area contributed by atoms with Crippen LogP contribution in [0, 0.1) is 0 Å². The Kier molecular flexibility index (Phi) is 18.7. The largest absolute Gasteiger partial charge is 0.372 e. The van der Waals surface area contributed by atoms with Crippen molar-refractivity contribution in [3.05, 3.63) is 0 Å². The van der Waals surface area contributed by atoms with Gasteiger partial charge in [0.25, 0.3) is 0 Å². The van der Waals surface area contributed by atoms with Crippen LogP contribution < -0.4 is 0 Å². The van der Waals surface area contributed by atoms with Crippen molar-refractivity contribution in [2.45, 2.75) is 129 Å². The Morgan fingerprint density at radius 1 is 0.731 bits per heavy atom. The zero-order chi connectivity index (χ0) is 18.2. The Bertz CT molecular complexity index is 283. The van der Waals surface area contributed by atoms with Crippen molar-refractivity contribution in [3.63, 3.8) is 0 Å². The molecule has 1 aliphatic heterocycles. The van der Waals surface area contributed by atoms with Crippen LogP contribution in [-0.2, 0) is 4.74 Å². The fourth-order valence-corrected chi connectivity index (χ4v) is 3.98. The summed E-state index contributed by atoms with van der Waals surface area (Å²) in [7, 11) is 0. The fourth-order valence-electron chi connectivity index (χ4n) is 3.98. The monoisotopic (exact) mass is 389 g/mol. The maximum absolute atomic E-state index is 5.50. The summed E-state index contributed by atoms with van der Waals surface area (Å²) in [5, 5.41) is 0. The van der Waals surface area contributed by atoms with Crippen LogP contribution in [0.15, 0.2) is 0 Å². The standard InChI is InChI=1S/C23H47NO.ClH/c1-4-7-9-11-13-15-17-19-22(18-16-14-12-10-8-5-2)24(6-3)20-23-21-25-23;/h22-23H,4-21H2,1-3H3;1H. The van der Waals surface area contributed by atoms with Crippen LogP contribution in [0.4, 0.5) is 0 Å². The first-order valence-electron chi connectivity index (χ1n) is 11.7. The number of nitrogens with zero attached hydrogens (tertiary/aromatic N) is 1. The van der Waals surface area contributed by atoms with Crippen molar-refractivity contribution < 1.29 is 4.74 Å². The summed E-state index contributed by atoms with van der Waals surface area (Å²) in [6.07, 6.45) is 21.8. The molecule has 26 heavy (non-hydrogen) atoms. The number of rotatable bonds is 19. The number of ether oxygens (including phenoxy) is 1. The van der Waals surface area contributed by atoms with Gasteiger partial charge in [0.15, 0.2) is 0 Å². The molecule has 0 bridgehead atoms. The van der Waals surface area contributed by atoms with E-state index in [0.717, 1.165) is 12.6 Å². The smallest absolute Gasteiger partial charge is 0.0936 e. The molecule has 0 spiro atoms. The highest BCUT2D eigenvalue weighted by Crippen LogP contribution is 2.21. The maximum atomic E-state index is 5.50. The third-order valence-electron chi connectivity index (χ3n) is 5.79. The first-order chi connectivity index (χ1) is 12.3. The average molecular weight is 390 g/mol. The van der Waals surface area contributed by atoms with Gasteiger partial charge in [-0.3, -0.25) is 4.90 Å². The number of unbranched alkanes of at least 4 members (excludes halogenated alkanes) is 11. The summed E-state index contributed by atoms with van der Waals surface area (Å²) >= 11 is 0. The Hall–Kier alpha value is 0.210. The Morgan fingerprint density at radius 2 is 1.15 bits per heavy atom. The molecule has 3 heteroatoms. The first kappa shape index (κ1) is 26.2. The molecule has 1 rings (SSSR count). The van der Waals surface area contributed by atoms with E-state index in [1.165, 1.54) is 109 Å². The summed E-state index contributed by atoms with van der Waals surface area (Å²) in [6, 6.07) is 0.802. The summed E-state index contributed by atoms with van der Waals surface area (Å²) in [4.78, 5) is 2.72. The van der Waals surface area contributed by atoms with Crippen molar-refractivity contribution in [1.29, 1.82) is 0 Å². The van der Waals surface area contributed by atoms with E-state index in [1.54, 1.807) is 0 Å². The van der Waals surface area contributed by atoms with Gasteiger partial charge >= 0.3 is 0 Å². The molecule has 0 aliphatic carbocycles. The molecular weight excluding hydrogens is 342 g/mol. The van der Waals surface area contributed by atoms with E-state index < -0.39 is 0 Å². The zero-order valence-corrected chi connectivity index (χ0v) is 19.0. The quantitative estimate of drug-likeness (QED) is 0.169. The molecule has 0 saturated carbocycles. The van der Waals surface area contributed by atoms with Crippen LogP contribution >= 0.6 is 12.4 Å². The van der Waals surface area contributed by atoms with Gasteiger partial charge in [-0.2, -0.15) is 0 Å². The number of hydrogen-bond acceptors (Lipinski definition) is 2. The first-order valence-corrected chi connectivity index (χ1v) is 11.7. The van der Waals surface area contributed by atoms with E-state index in [9.17, 15) is 0 Å². The lowest BCUT2D eigenvalue weighted by Gasteiger charge is -2.30. The van der Waals surface area contributed by atoms with Gasteiger partial charge in [-0.15, -0.1) is 12.4 Å². The second-order valence-electron chi connectivity index (χ2n) is 8.16. The van der Waals surface area contributed by atoms with E-state index in [4.69, 9.17) is 4.74 Å². The lowest BCUT2D eigenvalue weighted by Crippen LogP contribution is -2.38. The van der Waals surface area contributed by atoms with E-state index in [0.29, 0.717) is 6.10 Å². The fraction of sp³-hybridized carbons (Fsp3) is 1.00. The molecule has 1 aliphatic rings. The van der Waals surface area contributed by atoms with E-state index in [1.807, 2.05) is 0 Å². The van der Waals surface area contributed by atoms with Crippen LogP contribution in [0.5, 0.6) is 0 Å². The van der Waals surface area contributed by atoms with E-state index in [-0.39, 0.29) is 12.4 Å². The Balaban J connectivity index is 0.00000625. The second kappa shape index (κ2) is 18.6. The third kappa shape index (κ3) is 14.3. The lowest BCUT2D eigenvalue weighted by atomic mass is 9.98. The molecular formula is C23H48ClNO. The highest BCUT2D eigenvalue weighted by atomic mass is 35.5. The van der Waals surface area contributed by atoms with Crippen LogP contribution in [0.2, 0.25) is 0 Å². The number of likely N-dealkylation sites (N-methyl/N-ethyl adjacent to an activating group) is 1. The average Bonchev–Trinajstić information content (AvgIpc) is 3.44. The van der Waals surface area contributed by atoms with Crippen molar-refractivity contribution in [2.75, 3.05) is 19.7 Å². The van der Waals surface area contributed by atoms with Crippen molar-refractivity contribution in [3.8, 4) is 0 Å². The summed E-state index contributed by atoms with van der Waals surface area (Å²) < 4.78 is 5.50. The zero-order valence-electron chi connectivity index (χ0n) is 18.1. The highest BCUT2D eigenvalue weighted by Gasteiger charge is 2.27. The van der Waals surface area contributed by atoms with Gasteiger partial charge in [0, 0.05) is 12.6 Å². The predicted octanol–water partition coefficient (Wildman–Crippen LogP) is 7.39. The minimum atomic E-state index is 0. The van der Waals surface area contributed by atoms with Gasteiger partial charge < -0.3 is 4.74 Å². The van der Waals surface area contributed by atoms with Gasteiger partial charge in [0.05, 0.1) is 12.7 Å². The summed E-state index contributed by atoms with van der Waals surface area (Å²) in [5.74, 6) is 0. The number of hydrogen-bond donors (Lipinski definition) is 0. The minimum absolute atomic E-state index is 0. The van der Waals surface area contributed by atoms with Crippen LogP contribution in [0.25, 0.3) is 0 Å². The molecule has 1 heterocycles. The van der Waals surface area contributed by atoms with E-state index >= 15 is 0 Å². The topological polar surface area (TPSA) is 15.8 Å². The second-order valence-corrected chi connectivity index (χ2v) is 8.16. The van der Waals surface area contributed by atoms with Crippen LogP contribution in [0.1, 0.15) is 117 Å². The molecule has 1 fully saturated rings. The Morgan fingerprint density at radius 3 is 1.54 bits per heavy atom. The normalized spacial score (nSPS) is 17.3. The Labute approximate surface area is 171 Å². The van der Waals surface area contributed by atoms with Gasteiger partial charge in [-0.1, -0.05) is 104 Å². The molecule has 2 nitrogen and oxygen atoms in total. The third-order valence-corrected chi connectivity index (χ3v) is 5.79. The van der Waals surface area contributed by atoms with Crippen LogP contribution in [-0.4, -0.2) is 36.7 Å². The van der Waals surface area contributed by atoms with Gasteiger partial charge in [0.1, 0.15) is 0 Å². The minimum Gasteiger partial charge on any atom is -0.372 e. The molecule has 2 atom stereocenters. The van der Waals surface area contributed by atoms with Gasteiger partial charge in [-0.25, -0.2) is 0 Å². The van der Waals surface area contributed by atoms with E-state index in [2.05, 4.69) is 25.7 Å². The molecule has 2 unspecified atom stereocenters. The van der Waals surface area contributed by atoms with Crippen molar-refractivity contribution >= 4 is 12.4 Å². The predicted molar refractivity (Wildman–Crippen MR) is 119 cm³/mol. The SMILES string of the molecule is CCCCCCCCCC(CCCCCCCC)N(CC)CC1CO1.Cl. The van der Waals surface area contributed by atoms with Gasteiger partial charge in [0.2, 0.25) is 0 Å². The number of halogens is 1. The molecule has 0 amide bonds. The molecule has 0 N–H and O–H groups in total. The van der Waals surface area contributed by atoms with Crippen molar-refractivity contribution in [2.24, 2.45) is 0 Å². The molecule has 0 aromatic heterocycles. The van der Waals surface area contributed by atoms with Crippen LogP contribution in [0.3, 0.4) is 0 Å². The van der Waals surface area contributed by atoms with Crippen molar-refractivity contribution in [1.82, 2.24) is 4.90 Å².